The van der Waals surface area contributed by atoms with E-state index in [2.05, 4.69) is 20.2 Å². The van der Waals surface area contributed by atoms with Crippen LogP contribution >= 0.6 is 0 Å². The van der Waals surface area contributed by atoms with Crippen molar-refractivity contribution in [2.75, 3.05) is 36.4 Å². The Hall–Kier alpha value is -3.68. The second kappa shape index (κ2) is 8.14. The summed E-state index contributed by atoms with van der Waals surface area (Å²) >= 11 is 0. The number of carbonyl (C=O) groups excluding carboxylic acids is 2. The number of Topliss-reactive ketones (excluding diaryl/α,β-unsaturated/α-hetero) is 1. The van der Waals surface area contributed by atoms with Gasteiger partial charge in [0.1, 0.15) is 5.82 Å². The minimum atomic E-state index is -0.0892. The third kappa shape index (κ3) is 4.26. The van der Waals surface area contributed by atoms with Crippen LogP contribution in [0.25, 0.3) is 0 Å². The highest BCUT2D eigenvalue weighted by molar-refractivity contribution is 5.94. The zero-order valence-corrected chi connectivity index (χ0v) is 16.0. The van der Waals surface area contributed by atoms with E-state index in [0.717, 1.165) is 11.5 Å². The van der Waals surface area contributed by atoms with Gasteiger partial charge >= 0.3 is 0 Å². The van der Waals surface area contributed by atoms with Gasteiger partial charge in [-0.1, -0.05) is 0 Å². The van der Waals surface area contributed by atoms with Crippen molar-refractivity contribution >= 4 is 29.1 Å². The lowest BCUT2D eigenvalue weighted by atomic mass is 10.1. The highest BCUT2D eigenvalue weighted by Gasteiger charge is 2.24. The first-order valence-corrected chi connectivity index (χ1v) is 9.39. The van der Waals surface area contributed by atoms with Crippen LogP contribution in [-0.2, 0) is 0 Å². The van der Waals surface area contributed by atoms with Crippen LogP contribution in [0.15, 0.2) is 59.3 Å². The maximum atomic E-state index is 12.4. The lowest BCUT2D eigenvalue weighted by Gasteiger charge is -2.35. The third-order valence-corrected chi connectivity index (χ3v) is 4.81. The number of hydrogen-bond donors (Lipinski definition) is 1. The molecule has 3 heterocycles. The summed E-state index contributed by atoms with van der Waals surface area (Å²) in [7, 11) is 0. The van der Waals surface area contributed by atoms with Crippen LogP contribution in [0.4, 0.5) is 17.5 Å². The number of furan rings is 1. The zero-order valence-electron chi connectivity index (χ0n) is 16.0. The number of hydrogen-bond acceptors (Lipinski definition) is 7. The number of benzene rings is 1. The summed E-state index contributed by atoms with van der Waals surface area (Å²) in [6, 6.07) is 12.4. The van der Waals surface area contributed by atoms with Crippen LogP contribution in [0.5, 0.6) is 0 Å². The van der Waals surface area contributed by atoms with Crippen molar-refractivity contribution < 1.29 is 14.0 Å². The van der Waals surface area contributed by atoms with Gasteiger partial charge in [0.05, 0.1) is 6.26 Å². The van der Waals surface area contributed by atoms with E-state index in [4.69, 9.17) is 4.42 Å². The molecule has 0 bridgehead atoms. The summed E-state index contributed by atoms with van der Waals surface area (Å²) in [6.45, 7) is 4.08. The Morgan fingerprint density at radius 2 is 1.79 bits per heavy atom. The van der Waals surface area contributed by atoms with E-state index < -0.39 is 0 Å². The second-order valence-electron chi connectivity index (χ2n) is 6.75. The molecule has 1 saturated heterocycles. The molecule has 4 rings (SSSR count). The maximum Gasteiger partial charge on any atom is 0.289 e. The predicted octanol–water partition coefficient (Wildman–Crippen LogP) is 2.98. The van der Waals surface area contributed by atoms with Crippen LogP contribution in [-0.4, -0.2) is 52.7 Å². The predicted molar refractivity (Wildman–Crippen MR) is 109 cm³/mol. The van der Waals surface area contributed by atoms with Crippen molar-refractivity contribution in [2.45, 2.75) is 6.92 Å². The van der Waals surface area contributed by atoms with Gasteiger partial charge in [0, 0.05) is 43.6 Å². The topological polar surface area (TPSA) is 91.6 Å². The summed E-state index contributed by atoms with van der Waals surface area (Å²) in [5.74, 6) is 1.58. The Kier molecular flexibility index (Phi) is 5.24. The highest BCUT2D eigenvalue weighted by Crippen LogP contribution is 2.19. The van der Waals surface area contributed by atoms with Gasteiger partial charge in [0.15, 0.2) is 11.5 Å². The van der Waals surface area contributed by atoms with E-state index in [0.29, 0.717) is 43.5 Å². The van der Waals surface area contributed by atoms with Crippen molar-refractivity contribution in [2.24, 2.45) is 0 Å². The van der Waals surface area contributed by atoms with E-state index in [9.17, 15) is 9.59 Å². The molecule has 0 aliphatic carbocycles. The van der Waals surface area contributed by atoms with Gasteiger partial charge in [0.25, 0.3) is 5.91 Å². The molecule has 3 aromatic rings. The van der Waals surface area contributed by atoms with Gasteiger partial charge in [-0.2, -0.15) is 4.98 Å². The molecule has 148 valence electrons. The molecule has 1 fully saturated rings. The van der Waals surface area contributed by atoms with Crippen LogP contribution < -0.4 is 10.2 Å². The Morgan fingerprint density at radius 1 is 1.03 bits per heavy atom. The normalized spacial score (nSPS) is 14.0. The number of nitrogens with zero attached hydrogens (tertiary/aromatic N) is 4. The number of ketones is 1. The van der Waals surface area contributed by atoms with Crippen molar-refractivity contribution in [1.82, 2.24) is 14.9 Å². The van der Waals surface area contributed by atoms with Crippen molar-refractivity contribution in [1.29, 1.82) is 0 Å². The van der Waals surface area contributed by atoms with Gasteiger partial charge < -0.3 is 19.5 Å². The first kappa shape index (κ1) is 18.7. The molecule has 1 N–H and O–H groups in total. The molecular weight excluding hydrogens is 370 g/mol. The fourth-order valence-corrected chi connectivity index (χ4v) is 3.20. The summed E-state index contributed by atoms with van der Waals surface area (Å²) in [5.41, 5.74) is 1.47. The molecule has 0 radical (unpaired) electrons. The first-order chi connectivity index (χ1) is 14.1. The molecule has 1 amide bonds. The number of rotatable bonds is 5. The van der Waals surface area contributed by atoms with Crippen LogP contribution in [0, 0.1) is 0 Å². The molecule has 1 aromatic carbocycles. The summed E-state index contributed by atoms with van der Waals surface area (Å²) in [6.07, 6.45) is 3.21. The molecule has 0 atom stereocenters. The fourth-order valence-electron chi connectivity index (χ4n) is 3.20. The van der Waals surface area contributed by atoms with Crippen LogP contribution in [0.1, 0.15) is 27.8 Å². The quantitative estimate of drug-likeness (QED) is 0.669. The van der Waals surface area contributed by atoms with E-state index >= 15 is 0 Å². The van der Waals surface area contributed by atoms with Gasteiger partial charge in [-0.05, 0) is 49.4 Å². The standard InChI is InChI=1S/C21H21N5O3/c1-15(27)16-4-6-17(7-5-16)23-21-22-9-8-19(24-21)25-10-12-26(13-11-25)20(28)18-3-2-14-29-18/h2-9,14H,10-13H2,1H3,(H,22,23,24). The zero-order chi connectivity index (χ0) is 20.2. The molecule has 0 saturated carbocycles. The number of amides is 1. The SMILES string of the molecule is CC(=O)c1ccc(Nc2nccc(N3CCN(C(=O)c4ccco4)CC3)n2)cc1. The van der Waals surface area contributed by atoms with Crippen molar-refractivity contribution in [3.05, 3.63) is 66.2 Å². The maximum absolute atomic E-state index is 12.4. The van der Waals surface area contributed by atoms with Gasteiger partial charge in [0.2, 0.25) is 5.95 Å². The monoisotopic (exact) mass is 391 g/mol. The first-order valence-electron chi connectivity index (χ1n) is 9.39. The number of aromatic nitrogens is 2. The van der Waals surface area contributed by atoms with Crippen LogP contribution in [0.2, 0.25) is 0 Å². The molecule has 29 heavy (non-hydrogen) atoms. The lowest BCUT2D eigenvalue weighted by Crippen LogP contribution is -2.49. The molecular formula is C21H21N5O3. The second-order valence-corrected chi connectivity index (χ2v) is 6.75. The minimum Gasteiger partial charge on any atom is -0.459 e. The Bertz CT molecular complexity index is 993. The van der Waals surface area contributed by atoms with E-state index in [1.165, 1.54) is 13.2 Å². The Labute approximate surface area is 168 Å². The van der Waals surface area contributed by atoms with E-state index in [-0.39, 0.29) is 11.7 Å². The average molecular weight is 391 g/mol. The van der Waals surface area contributed by atoms with Crippen LogP contribution in [0.3, 0.4) is 0 Å². The molecule has 0 unspecified atom stereocenters. The molecule has 0 spiro atoms. The summed E-state index contributed by atoms with van der Waals surface area (Å²) in [5, 5.41) is 3.16. The molecule has 8 nitrogen and oxygen atoms in total. The van der Waals surface area contributed by atoms with E-state index in [1.807, 2.05) is 18.2 Å². The number of anilines is 3. The molecule has 8 heteroatoms. The molecule has 2 aromatic heterocycles. The van der Waals surface area contributed by atoms with Crippen molar-refractivity contribution in [3.63, 3.8) is 0 Å². The third-order valence-electron chi connectivity index (χ3n) is 4.81. The van der Waals surface area contributed by atoms with Gasteiger partial charge in [-0.25, -0.2) is 4.98 Å². The average Bonchev–Trinajstić information content (AvgIpc) is 3.29. The van der Waals surface area contributed by atoms with Gasteiger partial charge in [-0.15, -0.1) is 0 Å². The summed E-state index contributed by atoms with van der Waals surface area (Å²) < 4.78 is 5.20. The molecule has 1 aliphatic heterocycles. The Balaban J connectivity index is 1.39. The minimum absolute atomic E-state index is 0.0273. The van der Waals surface area contributed by atoms with E-state index in [1.54, 1.807) is 35.4 Å². The van der Waals surface area contributed by atoms with Gasteiger partial charge in [-0.3, -0.25) is 9.59 Å². The number of nitrogens with one attached hydrogen (secondary N) is 1. The lowest BCUT2D eigenvalue weighted by molar-refractivity contribution is 0.0714. The Morgan fingerprint density at radius 3 is 2.45 bits per heavy atom. The molecule has 1 aliphatic rings. The largest absolute Gasteiger partial charge is 0.459 e. The summed E-state index contributed by atoms with van der Waals surface area (Å²) in [4.78, 5) is 36.5. The number of carbonyl (C=O) groups is 2. The number of piperazine rings is 1. The highest BCUT2D eigenvalue weighted by atomic mass is 16.3. The fraction of sp³-hybridized carbons (Fsp3) is 0.238. The smallest absolute Gasteiger partial charge is 0.289 e. The van der Waals surface area contributed by atoms with Crippen molar-refractivity contribution in [3.8, 4) is 0 Å².